The molecule has 3 fully saturated rings. The number of nitrogens with zero attached hydrogens (tertiary/aromatic N) is 1. The number of cyclic esters (lactones) is 1. The number of carbonyl (C=O) groups is 4. The third-order valence-electron chi connectivity index (χ3n) is 8.64. The summed E-state index contributed by atoms with van der Waals surface area (Å²) in [6.07, 6.45) is 10.0. The van der Waals surface area contributed by atoms with Crippen molar-refractivity contribution in [1.29, 1.82) is 0 Å². The molecule has 1 aliphatic heterocycles. The molecule has 0 radical (unpaired) electrons. The second-order valence-electron chi connectivity index (χ2n) is 10.8. The Labute approximate surface area is 204 Å². The minimum absolute atomic E-state index is 0.0201. The molecule has 1 saturated heterocycles. The molecule has 0 aromatic carbocycles. The van der Waals surface area contributed by atoms with Crippen LogP contribution in [0.25, 0.3) is 6.08 Å². The summed E-state index contributed by atoms with van der Waals surface area (Å²) in [5.41, 5.74) is -2.07. The van der Waals surface area contributed by atoms with Crippen molar-refractivity contribution < 1.29 is 28.7 Å². The number of Topliss-reactive ketones (excluding diaryl/α,β-unsaturated/α-hetero) is 1. The maximum Gasteiger partial charge on any atom is 0.331 e. The van der Waals surface area contributed by atoms with Gasteiger partial charge in [0.1, 0.15) is 19.0 Å². The molecule has 2 saturated carbocycles. The molecule has 3 aliphatic carbocycles. The van der Waals surface area contributed by atoms with E-state index in [4.69, 9.17) is 9.47 Å². The number of carbonyl (C=O) groups excluding carboxylic acids is 4. The smallest absolute Gasteiger partial charge is 0.331 e. The van der Waals surface area contributed by atoms with Gasteiger partial charge >= 0.3 is 11.9 Å². The number of pyridine rings is 1. The molecule has 5 rings (SSSR count). The highest BCUT2D eigenvalue weighted by molar-refractivity contribution is 6.16. The van der Waals surface area contributed by atoms with E-state index in [2.05, 4.69) is 11.6 Å². The zero-order valence-corrected chi connectivity index (χ0v) is 19.9. The van der Waals surface area contributed by atoms with Crippen molar-refractivity contribution in [2.75, 3.05) is 6.61 Å². The average Bonchev–Trinajstić information content (AvgIpc) is 2.95. The Morgan fingerprint density at radius 2 is 2.06 bits per heavy atom. The fraction of sp³-hybridized carbons (Fsp3) is 0.464. The lowest BCUT2D eigenvalue weighted by Crippen LogP contribution is -2.66. The third kappa shape index (κ3) is 3.20. The maximum absolute atomic E-state index is 13.8. The lowest BCUT2D eigenvalue weighted by Gasteiger charge is -2.58. The highest BCUT2D eigenvalue weighted by Gasteiger charge is 2.76. The van der Waals surface area contributed by atoms with Crippen molar-refractivity contribution in [2.45, 2.75) is 39.2 Å². The molecule has 4 aliphatic rings. The normalized spacial score (nSPS) is 37.3. The van der Waals surface area contributed by atoms with Crippen molar-refractivity contribution in [2.24, 2.45) is 34.0 Å². The van der Waals surface area contributed by atoms with E-state index in [1.807, 2.05) is 26.0 Å². The SMILES string of the molecule is C=C1C(=O)[C@@]23C(=O)OC[C@]4(C=CCC(C)(C)[C@H]4C=O)[C@@H]2CC[C@@H]1[C@H]3OC(=O)/C=C/c1ccccn1. The number of fused-ring (bicyclic) bond motifs is 2. The van der Waals surface area contributed by atoms with Gasteiger partial charge in [-0.15, -0.1) is 0 Å². The number of ketones is 1. The Morgan fingerprint density at radius 1 is 1.26 bits per heavy atom. The molecule has 0 amide bonds. The Kier molecular flexibility index (Phi) is 5.42. The molecule has 6 atom stereocenters. The molecule has 2 spiro atoms. The van der Waals surface area contributed by atoms with Gasteiger partial charge in [0, 0.05) is 29.5 Å². The molecule has 0 unspecified atom stereocenters. The number of aromatic nitrogens is 1. The van der Waals surface area contributed by atoms with E-state index < -0.39 is 52.4 Å². The summed E-state index contributed by atoms with van der Waals surface area (Å²) in [4.78, 5) is 56.8. The molecular weight excluding hydrogens is 446 g/mol. The average molecular weight is 476 g/mol. The van der Waals surface area contributed by atoms with Crippen LogP contribution in [-0.2, 0) is 28.7 Å². The second-order valence-corrected chi connectivity index (χ2v) is 10.8. The molecule has 2 bridgehead atoms. The van der Waals surface area contributed by atoms with Gasteiger partial charge in [-0.05, 0) is 54.4 Å². The van der Waals surface area contributed by atoms with Crippen molar-refractivity contribution in [3.05, 3.63) is 60.5 Å². The van der Waals surface area contributed by atoms with Crippen LogP contribution in [0.15, 0.2) is 54.8 Å². The largest absolute Gasteiger partial charge is 0.464 e. The van der Waals surface area contributed by atoms with E-state index in [0.29, 0.717) is 25.0 Å². The van der Waals surface area contributed by atoms with E-state index in [0.717, 1.165) is 6.29 Å². The number of allylic oxidation sites excluding steroid dienone is 1. The molecule has 7 nitrogen and oxygen atoms in total. The van der Waals surface area contributed by atoms with Gasteiger partial charge in [0.05, 0.1) is 5.69 Å². The quantitative estimate of drug-likeness (QED) is 0.216. The van der Waals surface area contributed by atoms with Crippen LogP contribution in [0.1, 0.15) is 38.8 Å². The van der Waals surface area contributed by atoms with Gasteiger partial charge in [0.2, 0.25) is 0 Å². The van der Waals surface area contributed by atoms with E-state index >= 15 is 0 Å². The van der Waals surface area contributed by atoms with Crippen LogP contribution in [-0.4, -0.2) is 41.7 Å². The van der Waals surface area contributed by atoms with E-state index in [9.17, 15) is 19.2 Å². The Bertz CT molecular complexity index is 1170. The van der Waals surface area contributed by atoms with Gasteiger partial charge in [-0.2, -0.15) is 0 Å². The first-order chi connectivity index (χ1) is 16.7. The van der Waals surface area contributed by atoms with Crippen LogP contribution in [0.2, 0.25) is 0 Å². The van der Waals surface area contributed by atoms with E-state index in [-0.39, 0.29) is 17.6 Å². The fourth-order valence-corrected chi connectivity index (χ4v) is 7.06. The molecule has 0 N–H and O–H groups in total. The number of ether oxygens (including phenoxy) is 2. The standard InChI is InChI=1S/C28H29NO6/c1-17-19-9-10-20-27(13-6-12-26(2,3)21(27)15-30)16-34-25(33)28(20,23(17)32)24(19)35-22(31)11-8-18-7-4-5-14-29-18/h4-8,11,13-15,19-21,24H,1,9-10,12,16H2,2-3H3/b11-8+/t19-,20-,21+,24+,27+,28-/m0/s1. The summed E-state index contributed by atoms with van der Waals surface area (Å²) < 4.78 is 11.6. The molecule has 35 heavy (non-hydrogen) atoms. The van der Waals surface area contributed by atoms with Crippen molar-refractivity contribution >= 4 is 30.1 Å². The zero-order valence-electron chi connectivity index (χ0n) is 19.9. The minimum Gasteiger partial charge on any atom is -0.464 e. The van der Waals surface area contributed by atoms with Gasteiger partial charge < -0.3 is 14.3 Å². The van der Waals surface area contributed by atoms with Crippen LogP contribution >= 0.6 is 0 Å². The lowest BCUT2D eigenvalue weighted by molar-refractivity contribution is -0.215. The summed E-state index contributed by atoms with van der Waals surface area (Å²) in [6.45, 7) is 8.04. The number of aldehydes is 1. The predicted molar refractivity (Wildman–Crippen MR) is 126 cm³/mol. The number of esters is 2. The van der Waals surface area contributed by atoms with Crippen molar-refractivity contribution in [1.82, 2.24) is 4.98 Å². The predicted octanol–water partition coefficient (Wildman–Crippen LogP) is 3.50. The molecule has 182 valence electrons. The number of hydrogen-bond donors (Lipinski definition) is 0. The van der Waals surface area contributed by atoms with Gasteiger partial charge in [-0.25, -0.2) is 4.79 Å². The first kappa shape index (κ1) is 23.4. The topological polar surface area (TPSA) is 99.6 Å². The van der Waals surface area contributed by atoms with Crippen LogP contribution in [0.3, 0.4) is 0 Å². The molecule has 2 heterocycles. The molecular formula is C28H29NO6. The maximum atomic E-state index is 13.8. The molecule has 7 heteroatoms. The number of rotatable bonds is 4. The van der Waals surface area contributed by atoms with Crippen molar-refractivity contribution in [3.63, 3.8) is 0 Å². The summed E-state index contributed by atoms with van der Waals surface area (Å²) in [5, 5.41) is 0. The summed E-state index contributed by atoms with van der Waals surface area (Å²) in [6, 6.07) is 5.31. The first-order valence-electron chi connectivity index (χ1n) is 12.0. The van der Waals surface area contributed by atoms with E-state index in [1.165, 1.54) is 12.2 Å². The van der Waals surface area contributed by atoms with Crippen LogP contribution in [0, 0.1) is 34.0 Å². The van der Waals surface area contributed by atoms with Crippen LogP contribution in [0.4, 0.5) is 0 Å². The van der Waals surface area contributed by atoms with Gasteiger partial charge in [0.15, 0.2) is 11.2 Å². The highest BCUT2D eigenvalue weighted by Crippen LogP contribution is 2.67. The monoisotopic (exact) mass is 475 g/mol. The lowest BCUT2D eigenvalue weighted by atomic mass is 9.46. The van der Waals surface area contributed by atoms with Gasteiger partial charge in [-0.1, -0.05) is 38.6 Å². The Balaban J connectivity index is 1.56. The third-order valence-corrected chi connectivity index (χ3v) is 8.64. The summed E-state index contributed by atoms with van der Waals surface area (Å²) in [5.74, 6) is -3.26. The number of hydrogen-bond acceptors (Lipinski definition) is 7. The summed E-state index contributed by atoms with van der Waals surface area (Å²) >= 11 is 0. The zero-order chi connectivity index (χ0) is 25.0. The van der Waals surface area contributed by atoms with E-state index in [1.54, 1.807) is 24.4 Å². The fourth-order valence-electron chi connectivity index (χ4n) is 7.06. The second kappa shape index (κ2) is 8.11. The Morgan fingerprint density at radius 3 is 2.77 bits per heavy atom. The van der Waals surface area contributed by atoms with Crippen LogP contribution < -0.4 is 0 Å². The Hall–Kier alpha value is -3.35. The minimum atomic E-state index is -1.70. The van der Waals surface area contributed by atoms with Crippen LogP contribution in [0.5, 0.6) is 0 Å². The van der Waals surface area contributed by atoms with Gasteiger partial charge in [0.25, 0.3) is 0 Å². The molecule has 1 aromatic heterocycles. The first-order valence-corrected chi connectivity index (χ1v) is 12.0. The highest BCUT2D eigenvalue weighted by atomic mass is 16.6. The summed E-state index contributed by atoms with van der Waals surface area (Å²) in [7, 11) is 0. The van der Waals surface area contributed by atoms with Gasteiger partial charge in [-0.3, -0.25) is 14.6 Å². The molecule has 1 aromatic rings. The van der Waals surface area contributed by atoms with Crippen molar-refractivity contribution in [3.8, 4) is 0 Å².